The summed E-state index contributed by atoms with van der Waals surface area (Å²) < 4.78 is 31.0. The standard InChI is InChI=1S/C12H12F2N2OS/c1-3-8-12(18-16-15-8)11(17)7-5-4-6(2)9(13)10(7)14/h4-5,11,17H,3H2,1-2H3. The van der Waals surface area contributed by atoms with Gasteiger partial charge >= 0.3 is 0 Å². The number of rotatable bonds is 3. The van der Waals surface area contributed by atoms with Gasteiger partial charge in [-0.1, -0.05) is 23.5 Å². The van der Waals surface area contributed by atoms with Gasteiger partial charge in [-0.05, 0) is 30.4 Å². The Morgan fingerprint density at radius 1 is 1.33 bits per heavy atom. The van der Waals surface area contributed by atoms with E-state index in [9.17, 15) is 13.9 Å². The molecule has 0 bridgehead atoms. The largest absolute Gasteiger partial charge is 0.383 e. The molecule has 0 saturated heterocycles. The summed E-state index contributed by atoms with van der Waals surface area (Å²) in [6.07, 6.45) is -0.645. The van der Waals surface area contributed by atoms with Crippen LogP contribution in [0.1, 0.15) is 34.7 Å². The van der Waals surface area contributed by atoms with Crippen LogP contribution >= 0.6 is 11.5 Å². The van der Waals surface area contributed by atoms with Crippen LogP contribution in [0.4, 0.5) is 8.78 Å². The first-order valence-electron chi connectivity index (χ1n) is 5.50. The van der Waals surface area contributed by atoms with Gasteiger partial charge in [0.25, 0.3) is 0 Å². The molecule has 0 amide bonds. The minimum Gasteiger partial charge on any atom is -0.383 e. The molecular weight excluding hydrogens is 258 g/mol. The third-order valence-electron chi connectivity index (χ3n) is 2.77. The molecule has 0 spiro atoms. The van der Waals surface area contributed by atoms with Gasteiger partial charge in [0.1, 0.15) is 6.10 Å². The summed E-state index contributed by atoms with van der Waals surface area (Å²) in [6.45, 7) is 3.33. The number of benzene rings is 1. The van der Waals surface area contributed by atoms with Crippen LogP contribution in [0.3, 0.4) is 0 Å². The van der Waals surface area contributed by atoms with Gasteiger partial charge in [-0.25, -0.2) is 8.78 Å². The van der Waals surface area contributed by atoms with Gasteiger partial charge in [0, 0.05) is 5.56 Å². The van der Waals surface area contributed by atoms with Gasteiger partial charge in [0.15, 0.2) is 11.6 Å². The van der Waals surface area contributed by atoms with Crippen LogP contribution in [0.15, 0.2) is 12.1 Å². The normalized spacial score (nSPS) is 12.7. The van der Waals surface area contributed by atoms with Crippen molar-refractivity contribution in [2.75, 3.05) is 0 Å². The zero-order chi connectivity index (χ0) is 13.3. The number of hydrogen-bond acceptors (Lipinski definition) is 4. The maximum Gasteiger partial charge on any atom is 0.165 e. The first kappa shape index (κ1) is 13.0. The molecule has 0 saturated carbocycles. The van der Waals surface area contributed by atoms with Gasteiger partial charge in [-0.3, -0.25) is 0 Å². The van der Waals surface area contributed by atoms with Crippen LogP contribution < -0.4 is 0 Å². The Morgan fingerprint density at radius 2 is 2.06 bits per heavy atom. The van der Waals surface area contributed by atoms with Crippen molar-refractivity contribution in [3.05, 3.63) is 45.5 Å². The summed E-state index contributed by atoms with van der Waals surface area (Å²) in [5, 5.41) is 14.0. The maximum atomic E-state index is 13.8. The van der Waals surface area contributed by atoms with E-state index in [1.807, 2.05) is 6.92 Å². The van der Waals surface area contributed by atoms with Gasteiger partial charge in [-0.15, -0.1) is 5.10 Å². The first-order chi connectivity index (χ1) is 8.56. The second kappa shape index (κ2) is 5.07. The van der Waals surface area contributed by atoms with E-state index in [0.717, 1.165) is 11.5 Å². The third-order valence-corrected chi connectivity index (χ3v) is 3.59. The number of halogens is 2. The number of aliphatic hydroxyl groups excluding tert-OH is 1. The third kappa shape index (κ3) is 2.13. The van der Waals surface area contributed by atoms with Gasteiger partial charge in [-0.2, -0.15) is 0 Å². The number of nitrogens with zero attached hydrogens (tertiary/aromatic N) is 2. The summed E-state index contributed by atoms with van der Waals surface area (Å²) in [4.78, 5) is 0.458. The van der Waals surface area contributed by atoms with Crippen LogP contribution in [0.25, 0.3) is 0 Å². The molecule has 1 heterocycles. The van der Waals surface area contributed by atoms with E-state index in [0.29, 0.717) is 17.0 Å². The van der Waals surface area contributed by atoms with Crippen molar-refractivity contribution < 1.29 is 13.9 Å². The van der Waals surface area contributed by atoms with Crippen LogP contribution in [0.2, 0.25) is 0 Å². The molecule has 6 heteroatoms. The van der Waals surface area contributed by atoms with Crippen molar-refractivity contribution in [3.8, 4) is 0 Å². The Bertz CT molecular complexity index is 571. The Morgan fingerprint density at radius 3 is 2.72 bits per heavy atom. The van der Waals surface area contributed by atoms with Crippen molar-refractivity contribution in [2.24, 2.45) is 0 Å². The van der Waals surface area contributed by atoms with Gasteiger partial charge < -0.3 is 5.11 Å². The lowest BCUT2D eigenvalue weighted by Crippen LogP contribution is -2.06. The lowest BCUT2D eigenvalue weighted by Gasteiger charge is -2.12. The second-order valence-corrected chi connectivity index (χ2v) is 4.73. The zero-order valence-corrected chi connectivity index (χ0v) is 10.8. The van der Waals surface area contributed by atoms with Crippen molar-refractivity contribution in [3.63, 3.8) is 0 Å². The monoisotopic (exact) mass is 270 g/mol. The molecule has 1 aromatic heterocycles. The zero-order valence-electron chi connectivity index (χ0n) is 9.94. The summed E-state index contributed by atoms with van der Waals surface area (Å²) >= 11 is 0.996. The molecule has 0 aliphatic rings. The van der Waals surface area contributed by atoms with Crippen molar-refractivity contribution in [1.29, 1.82) is 0 Å². The highest BCUT2D eigenvalue weighted by atomic mass is 32.1. The first-order valence-corrected chi connectivity index (χ1v) is 6.27. The quantitative estimate of drug-likeness (QED) is 0.932. The second-order valence-electron chi connectivity index (χ2n) is 3.94. The van der Waals surface area contributed by atoms with Gasteiger partial charge in [0.05, 0.1) is 10.6 Å². The molecule has 0 aliphatic heterocycles. The lowest BCUT2D eigenvalue weighted by molar-refractivity contribution is 0.215. The predicted octanol–water partition coefficient (Wildman–Crippen LogP) is 2.77. The van der Waals surface area contributed by atoms with E-state index in [1.54, 1.807) is 0 Å². The van der Waals surface area contributed by atoms with Crippen LogP contribution in [-0.2, 0) is 6.42 Å². The number of hydrogen-bond donors (Lipinski definition) is 1. The molecule has 1 aromatic carbocycles. The highest BCUT2D eigenvalue weighted by Crippen LogP contribution is 2.30. The Labute approximate surface area is 107 Å². The summed E-state index contributed by atoms with van der Waals surface area (Å²) in [5.41, 5.74) is 0.730. The van der Waals surface area contributed by atoms with E-state index in [1.165, 1.54) is 19.1 Å². The highest BCUT2D eigenvalue weighted by Gasteiger charge is 2.23. The molecule has 2 rings (SSSR count). The Balaban J connectivity index is 2.46. The van der Waals surface area contributed by atoms with E-state index >= 15 is 0 Å². The molecule has 1 unspecified atom stereocenters. The topological polar surface area (TPSA) is 46.0 Å². The summed E-state index contributed by atoms with van der Waals surface area (Å²) in [5.74, 6) is -1.94. The van der Waals surface area contributed by atoms with E-state index < -0.39 is 17.7 Å². The fourth-order valence-electron chi connectivity index (χ4n) is 1.68. The van der Waals surface area contributed by atoms with Crippen LogP contribution in [0, 0.1) is 18.6 Å². The fourth-order valence-corrected chi connectivity index (χ4v) is 2.43. The fraction of sp³-hybridized carbons (Fsp3) is 0.333. The SMILES string of the molecule is CCc1nnsc1C(O)c1ccc(C)c(F)c1F. The predicted molar refractivity (Wildman–Crippen MR) is 64.4 cm³/mol. The van der Waals surface area contributed by atoms with Crippen molar-refractivity contribution >= 4 is 11.5 Å². The molecule has 0 radical (unpaired) electrons. The molecule has 18 heavy (non-hydrogen) atoms. The molecule has 1 atom stereocenters. The minimum atomic E-state index is -1.23. The molecule has 96 valence electrons. The van der Waals surface area contributed by atoms with E-state index in [2.05, 4.69) is 9.59 Å². The average molecular weight is 270 g/mol. The number of aliphatic hydroxyl groups is 1. The van der Waals surface area contributed by atoms with Crippen LogP contribution in [-0.4, -0.2) is 14.7 Å². The average Bonchev–Trinajstić information content (AvgIpc) is 2.83. The smallest absolute Gasteiger partial charge is 0.165 e. The maximum absolute atomic E-state index is 13.8. The van der Waals surface area contributed by atoms with E-state index in [4.69, 9.17) is 0 Å². The summed E-state index contributed by atoms with van der Waals surface area (Å²) in [6, 6.07) is 2.83. The van der Waals surface area contributed by atoms with E-state index in [-0.39, 0.29) is 11.1 Å². The molecule has 0 fully saturated rings. The molecule has 2 aromatic rings. The lowest BCUT2D eigenvalue weighted by atomic mass is 10.0. The molecule has 1 N–H and O–H groups in total. The molecular formula is C12H12F2N2OS. The molecule has 0 aliphatic carbocycles. The molecule has 3 nitrogen and oxygen atoms in total. The number of aromatic nitrogens is 2. The Kier molecular flexibility index (Phi) is 3.68. The summed E-state index contributed by atoms with van der Waals surface area (Å²) in [7, 11) is 0. The number of aryl methyl sites for hydroxylation is 2. The Hall–Kier alpha value is -1.40. The van der Waals surface area contributed by atoms with Crippen molar-refractivity contribution in [1.82, 2.24) is 9.59 Å². The minimum absolute atomic E-state index is 0.0844. The van der Waals surface area contributed by atoms with Crippen LogP contribution in [0.5, 0.6) is 0 Å². The van der Waals surface area contributed by atoms with Crippen molar-refractivity contribution in [2.45, 2.75) is 26.4 Å². The van der Waals surface area contributed by atoms with Gasteiger partial charge in [0.2, 0.25) is 0 Å². The highest BCUT2D eigenvalue weighted by molar-refractivity contribution is 7.05.